The minimum Gasteiger partial charge on any atom is -0.369 e. The molecule has 0 amide bonds. The molecule has 0 spiro atoms. The van der Waals surface area contributed by atoms with Gasteiger partial charge in [-0.3, -0.25) is 0 Å². The second-order valence-electron chi connectivity index (χ2n) is 8.31. The molecule has 6 heterocycles. The molecule has 6 aliphatic rings. The van der Waals surface area contributed by atoms with Crippen LogP contribution >= 0.6 is 15.9 Å². The molecule has 6 rings (SSSR count). The number of halogens is 1. The first-order valence-corrected chi connectivity index (χ1v) is 10.8. The van der Waals surface area contributed by atoms with Gasteiger partial charge in [-0.25, -0.2) is 0 Å². The molecule has 0 aromatic heterocycles. The number of carbonyl (C=O) groups excluding carboxylic acids is 1. The van der Waals surface area contributed by atoms with Crippen molar-refractivity contribution in [2.75, 3.05) is 0 Å². The predicted molar refractivity (Wildman–Crippen MR) is 99.2 cm³/mol. The Bertz CT molecular complexity index is 613. The number of allylic oxidation sites excluding steroid dienone is 1. The van der Waals surface area contributed by atoms with E-state index in [0.717, 1.165) is 49.3 Å². The number of carbonyl (C=O) groups is 1. The lowest BCUT2D eigenvalue weighted by Crippen LogP contribution is -2.61. The first-order valence-electron chi connectivity index (χ1n) is 9.99. The van der Waals surface area contributed by atoms with Crippen LogP contribution in [0.4, 0.5) is 0 Å². The van der Waals surface area contributed by atoms with Gasteiger partial charge in [0.25, 0.3) is 0 Å². The molecule has 0 aromatic rings. The maximum Gasteiger partial charge on any atom is 0.172 e. The Labute approximate surface area is 168 Å². The molecule has 0 aliphatic carbocycles. The summed E-state index contributed by atoms with van der Waals surface area (Å²) in [6.07, 6.45) is 7.80. The van der Waals surface area contributed by atoms with E-state index in [9.17, 15) is 4.79 Å². The molecule has 149 valence electrons. The predicted octanol–water partition coefficient (Wildman–Crippen LogP) is 2.82. The minimum atomic E-state index is -0.632. The molecule has 0 unspecified atom stereocenters. The molecule has 6 bridgehead atoms. The third-order valence-corrected chi connectivity index (χ3v) is 6.81. The second kappa shape index (κ2) is 7.18. The Balaban J connectivity index is 1.34. The normalized spacial score (nSPS) is 49.7. The number of fused-ring (bicyclic) bond motifs is 1. The lowest BCUT2D eigenvalue weighted by Gasteiger charge is -2.47. The van der Waals surface area contributed by atoms with E-state index in [1.165, 1.54) is 0 Å². The van der Waals surface area contributed by atoms with Gasteiger partial charge in [-0.15, -0.1) is 0 Å². The summed E-state index contributed by atoms with van der Waals surface area (Å²) in [5, 5.41) is 0. The fraction of sp³-hybridized carbons (Fsp3) is 0.800. The number of aldehydes is 1. The molecule has 27 heavy (non-hydrogen) atoms. The van der Waals surface area contributed by atoms with Crippen molar-refractivity contribution < 1.29 is 28.5 Å². The van der Waals surface area contributed by atoms with Crippen molar-refractivity contribution in [3.05, 3.63) is 17.5 Å². The van der Waals surface area contributed by atoms with E-state index in [1.807, 2.05) is 0 Å². The van der Waals surface area contributed by atoms with Crippen LogP contribution in [0.25, 0.3) is 0 Å². The third kappa shape index (κ3) is 3.24. The summed E-state index contributed by atoms with van der Waals surface area (Å²) in [5.74, 6) is -0.632. The smallest absolute Gasteiger partial charge is 0.172 e. The molecule has 9 atom stereocenters. The summed E-state index contributed by atoms with van der Waals surface area (Å²) in [6, 6.07) is 0. The summed E-state index contributed by atoms with van der Waals surface area (Å²) in [7, 11) is 0. The fourth-order valence-electron chi connectivity index (χ4n) is 5.34. The molecule has 1 radical (unpaired) electrons. The highest BCUT2D eigenvalue weighted by molar-refractivity contribution is 9.11. The number of hydrogen-bond acceptors (Lipinski definition) is 6. The Hall–Kier alpha value is -0.310. The highest BCUT2D eigenvalue weighted by Crippen LogP contribution is 2.53. The summed E-state index contributed by atoms with van der Waals surface area (Å²) in [5.41, 5.74) is 0. The standard InChI is InChI=1S/C20H26BrO6/c1-11(21)4-2-3-8-20-10-14-16(26-20)17-18(25-14)19(27-20)15-13(24-17)6-5-12(23-15)7-9-22/h2,9,12-19H,1,3-8,10H2/t12-,13+,14-,15+,16+,17+,18-,19+,20+/m1/s1. The summed E-state index contributed by atoms with van der Waals surface area (Å²) < 4.78 is 33.0. The van der Waals surface area contributed by atoms with E-state index in [2.05, 4.69) is 28.9 Å². The zero-order valence-electron chi connectivity index (χ0n) is 15.3. The van der Waals surface area contributed by atoms with Crippen molar-refractivity contribution in [3.63, 3.8) is 0 Å². The second-order valence-corrected chi connectivity index (χ2v) is 9.43. The zero-order chi connectivity index (χ0) is 18.6. The highest BCUT2D eigenvalue weighted by Gasteiger charge is 2.68. The van der Waals surface area contributed by atoms with Crippen molar-refractivity contribution in [2.24, 2.45) is 0 Å². The van der Waals surface area contributed by atoms with E-state index in [0.29, 0.717) is 6.42 Å². The van der Waals surface area contributed by atoms with Gasteiger partial charge in [-0.1, -0.05) is 22.5 Å². The van der Waals surface area contributed by atoms with Crippen LogP contribution in [-0.4, -0.2) is 60.9 Å². The summed E-state index contributed by atoms with van der Waals surface area (Å²) >= 11 is 3.40. The van der Waals surface area contributed by atoms with Crippen molar-refractivity contribution in [1.82, 2.24) is 0 Å². The van der Waals surface area contributed by atoms with Crippen LogP contribution in [0.5, 0.6) is 0 Å². The molecule has 0 aromatic carbocycles. The first-order chi connectivity index (χ1) is 13.1. The van der Waals surface area contributed by atoms with Crippen LogP contribution in [0.1, 0.15) is 44.9 Å². The quantitative estimate of drug-likeness (QED) is 0.447. The molecule has 6 fully saturated rings. The lowest BCUT2D eigenvalue weighted by molar-refractivity contribution is -0.291. The van der Waals surface area contributed by atoms with Gasteiger partial charge in [0.2, 0.25) is 0 Å². The number of unbranched alkanes of at least 4 members (excludes halogenated alkanes) is 1. The largest absolute Gasteiger partial charge is 0.369 e. The minimum absolute atomic E-state index is 0.00946. The van der Waals surface area contributed by atoms with E-state index in [1.54, 1.807) is 0 Å². The average Bonchev–Trinajstić information content (AvgIpc) is 3.04. The van der Waals surface area contributed by atoms with E-state index in [-0.39, 0.29) is 48.8 Å². The van der Waals surface area contributed by atoms with Crippen LogP contribution in [0.3, 0.4) is 0 Å². The lowest BCUT2D eigenvalue weighted by atomic mass is 9.87. The third-order valence-electron chi connectivity index (χ3n) is 6.48. The van der Waals surface area contributed by atoms with Gasteiger partial charge in [0.1, 0.15) is 36.8 Å². The number of ether oxygens (including phenoxy) is 5. The summed E-state index contributed by atoms with van der Waals surface area (Å²) in [4.78, 5) is 10.9. The van der Waals surface area contributed by atoms with Crippen LogP contribution in [0.2, 0.25) is 0 Å². The van der Waals surface area contributed by atoms with E-state index in [4.69, 9.17) is 23.7 Å². The Morgan fingerprint density at radius 1 is 1.04 bits per heavy atom. The molecule has 0 N–H and O–H groups in total. The van der Waals surface area contributed by atoms with Crippen LogP contribution in [0, 0.1) is 6.42 Å². The molecule has 0 saturated carbocycles. The van der Waals surface area contributed by atoms with Crippen molar-refractivity contribution >= 4 is 22.2 Å². The molecular weight excluding hydrogens is 416 g/mol. The van der Waals surface area contributed by atoms with Crippen molar-refractivity contribution in [3.8, 4) is 0 Å². The molecule has 6 nitrogen and oxygen atoms in total. The number of hydrogen-bond donors (Lipinski definition) is 0. The van der Waals surface area contributed by atoms with Crippen LogP contribution in [0.15, 0.2) is 11.1 Å². The van der Waals surface area contributed by atoms with Crippen LogP contribution < -0.4 is 0 Å². The zero-order valence-corrected chi connectivity index (χ0v) is 16.8. The molecule has 6 aliphatic heterocycles. The van der Waals surface area contributed by atoms with Crippen molar-refractivity contribution in [2.45, 2.75) is 99.6 Å². The van der Waals surface area contributed by atoms with Gasteiger partial charge in [-0.05, 0) is 36.6 Å². The Morgan fingerprint density at radius 2 is 1.81 bits per heavy atom. The van der Waals surface area contributed by atoms with E-state index >= 15 is 0 Å². The number of rotatable bonds is 7. The molecule has 7 heteroatoms. The van der Waals surface area contributed by atoms with Gasteiger partial charge in [0, 0.05) is 19.3 Å². The SMILES string of the molecule is C=C(Br)C[CH]CC[C@@]12C[C@H]3O[C@H]4[C@@H](O1)[C@H]1O[C@@H](CC=O)CC[C@@H]1O[C@H]4[C@H]3O2. The monoisotopic (exact) mass is 441 g/mol. The Kier molecular flexibility index (Phi) is 4.98. The van der Waals surface area contributed by atoms with Gasteiger partial charge in [-0.2, -0.15) is 0 Å². The van der Waals surface area contributed by atoms with Crippen molar-refractivity contribution in [1.29, 1.82) is 0 Å². The van der Waals surface area contributed by atoms with E-state index < -0.39 is 5.79 Å². The molecule has 6 saturated heterocycles. The van der Waals surface area contributed by atoms with Gasteiger partial charge in [0.15, 0.2) is 5.79 Å². The average molecular weight is 442 g/mol. The topological polar surface area (TPSA) is 63.2 Å². The maximum absolute atomic E-state index is 10.9. The fourth-order valence-corrected chi connectivity index (χ4v) is 5.57. The molecular formula is C20H26BrO6. The Morgan fingerprint density at radius 3 is 2.63 bits per heavy atom. The van der Waals surface area contributed by atoms with Crippen LogP contribution in [-0.2, 0) is 28.5 Å². The highest BCUT2D eigenvalue weighted by atomic mass is 79.9. The van der Waals surface area contributed by atoms with Gasteiger partial charge >= 0.3 is 0 Å². The van der Waals surface area contributed by atoms with Gasteiger partial charge < -0.3 is 28.5 Å². The first kappa shape index (κ1) is 18.7. The maximum atomic E-state index is 10.9. The van der Waals surface area contributed by atoms with Gasteiger partial charge in [0.05, 0.1) is 18.3 Å². The summed E-state index contributed by atoms with van der Waals surface area (Å²) in [6.45, 7) is 3.87.